The fraction of sp³-hybridized carbons (Fsp3) is 0.583. The lowest BCUT2D eigenvalue weighted by atomic mass is 9.94. The minimum Gasteiger partial charge on any atom is -0.381 e. The van der Waals surface area contributed by atoms with E-state index in [0.29, 0.717) is 11.7 Å². The number of likely N-dealkylation sites (tertiary alicyclic amines) is 1. The summed E-state index contributed by atoms with van der Waals surface area (Å²) < 4.78 is 1.82. The lowest BCUT2D eigenvalue weighted by Crippen LogP contribution is -2.35. The maximum atomic E-state index is 9.26. The van der Waals surface area contributed by atoms with Crippen LogP contribution in [-0.4, -0.2) is 49.4 Å². The maximum absolute atomic E-state index is 9.26. The third-order valence-electron chi connectivity index (χ3n) is 3.53. The van der Waals surface area contributed by atoms with Crippen molar-refractivity contribution in [2.75, 3.05) is 19.8 Å². The van der Waals surface area contributed by atoms with Crippen LogP contribution in [0.15, 0.2) is 12.4 Å². The number of hydrogen-bond acceptors (Lipinski definition) is 5. The first kappa shape index (κ1) is 11.6. The van der Waals surface area contributed by atoms with Crippen molar-refractivity contribution in [3.8, 4) is 0 Å². The van der Waals surface area contributed by atoms with Crippen LogP contribution in [-0.2, 0) is 0 Å². The van der Waals surface area contributed by atoms with Gasteiger partial charge in [-0.3, -0.25) is 4.90 Å². The van der Waals surface area contributed by atoms with E-state index in [4.69, 9.17) is 0 Å². The number of aryl methyl sites for hydroxylation is 1. The minimum atomic E-state index is 0.126. The zero-order valence-electron chi connectivity index (χ0n) is 10.5. The molecule has 0 amide bonds. The van der Waals surface area contributed by atoms with Gasteiger partial charge in [0.1, 0.15) is 6.33 Å². The Morgan fingerprint density at radius 1 is 1.50 bits per heavy atom. The molecule has 6 heteroatoms. The van der Waals surface area contributed by atoms with Gasteiger partial charge in [-0.2, -0.15) is 10.1 Å². The largest absolute Gasteiger partial charge is 0.381 e. The highest BCUT2D eigenvalue weighted by Gasteiger charge is 2.23. The van der Waals surface area contributed by atoms with Crippen LogP contribution in [0.3, 0.4) is 0 Å². The molecular formula is C12H17N5O. The first-order valence-corrected chi connectivity index (χ1v) is 6.28. The van der Waals surface area contributed by atoms with Crippen LogP contribution in [0.25, 0.3) is 5.78 Å². The van der Waals surface area contributed by atoms with Gasteiger partial charge in [-0.25, -0.2) is 9.50 Å². The van der Waals surface area contributed by atoms with Gasteiger partial charge in [0.05, 0.1) is 12.4 Å². The van der Waals surface area contributed by atoms with Crippen molar-refractivity contribution in [2.24, 2.45) is 0 Å². The highest BCUT2D eigenvalue weighted by atomic mass is 16.3. The zero-order valence-corrected chi connectivity index (χ0v) is 10.5. The number of rotatable bonds is 2. The molecule has 1 aliphatic heterocycles. The molecule has 0 bridgehead atoms. The summed E-state index contributed by atoms with van der Waals surface area (Å²) in [5, 5.41) is 13.5. The molecular weight excluding hydrogens is 230 g/mol. The molecule has 18 heavy (non-hydrogen) atoms. The molecule has 1 unspecified atom stereocenters. The number of aromatic nitrogens is 4. The predicted octanol–water partition coefficient (Wildman–Crippen LogP) is 0.562. The molecule has 0 radical (unpaired) electrons. The summed E-state index contributed by atoms with van der Waals surface area (Å²) in [6, 6.07) is 2.08. The normalized spacial score (nSPS) is 21.6. The second-order valence-corrected chi connectivity index (χ2v) is 4.85. The quantitative estimate of drug-likeness (QED) is 0.840. The zero-order chi connectivity index (χ0) is 12.5. The molecule has 3 rings (SSSR count). The van der Waals surface area contributed by atoms with E-state index >= 15 is 0 Å². The third-order valence-corrected chi connectivity index (χ3v) is 3.53. The standard InChI is InChI=1S/C12H17N5O/c1-9-5-11(17-12(15-9)13-7-14-17)10-3-2-4-16(6-10)8-18/h5,7,10,18H,2-4,6,8H2,1H3. The van der Waals surface area contributed by atoms with Crippen molar-refractivity contribution in [1.29, 1.82) is 0 Å². The number of piperidine rings is 1. The number of nitrogens with zero attached hydrogens (tertiary/aromatic N) is 5. The van der Waals surface area contributed by atoms with Crippen molar-refractivity contribution < 1.29 is 5.11 Å². The molecule has 0 spiro atoms. The van der Waals surface area contributed by atoms with Crippen LogP contribution in [0.4, 0.5) is 0 Å². The molecule has 0 aliphatic carbocycles. The molecule has 2 aromatic heterocycles. The maximum Gasteiger partial charge on any atom is 0.252 e. The summed E-state index contributed by atoms with van der Waals surface area (Å²) in [6.45, 7) is 3.94. The van der Waals surface area contributed by atoms with Crippen molar-refractivity contribution >= 4 is 5.78 Å². The van der Waals surface area contributed by atoms with Crippen molar-refractivity contribution in [3.05, 3.63) is 23.8 Å². The van der Waals surface area contributed by atoms with Gasteiger partial charge >= 0.3 is 0 Å². The van der Waals surface area contributed by atoms with Gasteiger partial charge in [0.25, 0.3) is 5.78 Å². The Morgan fingerprint density at radius 3 is 3.22 bits per heavy atom. The Morgan fingerprint density at radius 2 is 2.39 bits per heavy atom. The summed E-state index contributed by atoms with van der Waals surface area (Å²) in [7, 11) is 0. The van der Waals surface area contributed by atoms with Gasteiger partial charge in [-0.1, -0.05) is 0 Å². The van der Waals surface area contributed by atoms with E-state index < -0.39 is 0 Å². The number of hydrogen-bond donors (Lipinski definition) is 1. The van der Waals surface area contributed by atoms with Crippen LogP contribution in [0.5, 0.6) is 0 Å². The highest BCUT2D eigenvalue weighted by molar-refractivity contribution is 5.31. The average molecular weight is 247 g/mol. The predicted molar refractivity (Wildman–Crippen MR) is 66.2 cm³/mol. The van der Waals surface area contributed by atoms with Gasteiger partial charge in [-0.15, -0.1) is 0 Å². The van der Waals surface area contributed by atoms with E-state index in [1.807, 2.05) is 11.4 Å². The van der Waals surface area contributed by atoms with Gasteiger partial charge in [0.15, 0.2) is 0 Å². The molecule has 1 N–H and O–H groups in total. The lowest BCUT2D eigenvalue weighted by molar-refractivity contribution is 0.0801. The van der Waals surface area contributed by atoms with Gasteiger partial charge in [0.2, 0.25) is 0 Å². The Bertz CT molecular complexity index is 552. The van der Waals surface area contributed by atoms with Crippen LogP contribution < -0.4 is 0 Å². The van der Waals surface area contributed by atoms with Gasteiger partial charge in [0, 0.05) is 24.7 Å². The Labute approximate surface area is 105 Å². The smallest absolute Gasteiger partial charge is 0.252 e. The Balaban J connectivity index is 2.00. The van der Waals surface area contributed by atoms with Crippen LogP contribution in [0.1, 0.15) is 30.1 Å². The van der Waals surface area contributed by atoms with E-state index in [9.17, 15) is 5.11 Å². The molecule has 3 heterocycles. The topological polar surface area (TPSA) is 66.5 Å². The molecule has 6 nitrogen and oxygen atoms in total. The summed E-state index contributed by atoms with van der Waals surface area (Å²) in [5.41, 5.74) is 2.11. The van der Waals surface area contributed by atoms with Crippen LogP contribution in [0.2, 0.25) is 0 Å². The first-order valence-electron chi connectivity index (χ1n) is 6.28. The fourth-order valence-electron chi connectivity index (χ4n) is 2.68. The molecule has 1 aliphatic rings. The SMILES string of the molecule is Cc1cc(C2CCCN(CO)C2)n2ncnc2n1. The van der Waals surface area contributed by atoms with E-state index in [-0.39, 0.29) is 6.73 Å². The van der Waals surface area contributed by atoms with E-state index in [2.05, 4.69) is 26.0 Å². The lowest BCUT2D eigenvalue weighted by Gasteiger charge is -2.31. The number of aliphatic hydroxyl groups excluding tert-OH is 1. The van der Waals surface area contributed by atoms with Crippen molar-refractivity contribution in [2.45, 2.75) is 25.7 Å². The van der Waals surface area contributed by atoms with Crippen molar-refractivity contribution in [1.82, 2.24) is 24.5 Å². The molecule has 2 aromatic rings. The minimum absolute atomic E-state index is 0.126. The average Bonchev–Trinajstić information content (AvgIpc) is 2.85. The Hall–Kier alpha value is -1.53. The molecule has 0 aromatic carbocycles. The highest BCUT2D eigenvalue weighted by Crippen LogP contribution is 2.26. The summed E-state index contributed by atoms with van der Waals surface area (Å²) in [5.74, 6) is 1.04. The molecule has 1 fully saturated rings. The van der Waals surface area contributed by atoms with E-state index in [1.165, 1.54) is 6.33 Å². The van der Waals surface area contributed by atoms with Gasteiger partial charge < -0.3 is 5.11 Å². The number of fused-ring (bicyclic) bond motifs is 1. The van der Waals surface area contributed by atoms with E-state index in [0.717, 1.165) is 37.3 Å². The molecule has 1 atom stereocenters. The Kier molecular flexibility index (Phi) is 2.97. The van der Waals surface area contributed by atoms with Crippen LogP contribution >= 0.6 is 0 Å². The summed E-state index contributed by atoms with van der Waals surface area (Å²) in [6.07, 6.45) is 3.76. The number of aliphatic hydroxyl groups is 1. The summed E-state index contributed by atoms with van der Waals surface area (Å²) >= 11 is 0. The first-order chi connectivity index (χ1) is 8.78. The molecule has 1 saturated heterocycles. The second kappa shape index (κ2) is 4.62. The third kappa shape index (κ3) is 1.97. The van der Waals surface area contributed by atoms with Crippen molar-refractivity contribution in [3.63, 3.8) is 0 Å². The van der Waals surface area contributed by atoms with Gasteiger partial charge in [-0.05, 0) is 25.8 Å². The van der Waals surface area contributed by atoms with Crippen LogP contribution in [0, 0.1) is 6.92 Å². The van der Waals surface area contributed by atoms with E-state index in [1.54, 1.807) is 0 Å². The molecule has 96 valence electrons. The molecule has 0 saturated carbocycles. The second-order valence-electron chi connectivity index (χ2n) is 4.85. The monoisotopic (exact) mass is 247 g/mol. The summed E-state index contributed by atoms with van der Waals surface area (Å²) in [4.78, 5) is 10.6. The fourth-order valence-corrected chi connectivity index (χ4v) is 2.68.